The Morgan fingerprint density at radius 1 is 1.13 bits per heavy atom. The zero-order valence-corrected chi connectivity index (χ0v) is 17.4. The molecule has 0 atom stereocenters. The second kappa shape index (κ2) is 9.12. The van der Waals surface area contributed by atoms with Crippen molar-refractivity contribution in [2.45, 2.75) is 6.18 Å². The summed E-state index contributed by atoms with van der Waals surface area (Å²) in [5, 5.41) is 15.5. The van der Waals surface area contributed by atoms with Crippen LogP contribution in [0, 0.1) is 0 Å². The summed E-state index contributed by atoms with van der Waals surface area (Å²) in [5.41, 5.74) is -1.65. The predicted molar refractivity (Wildman–Crippen MR) is 106 cm³/mol. The molecule has 0 fully saturated rings. The fourth-order valence-electron chi connectivity index (χ4n) is 2.49. The van der Waals surface area contributed by atoms with E-state index in [0.29, 0.717) is 10.4 Å². The van der Waals surface area contributed by atoms with Gasteiger partial charge in [0.05, 0.1) is 25.4 Å². The molecule has 0 unspecified atom stereocenters. The molecule has 2 aromatic heterocycles. The van der Waals surface area contributed by atoms with Gasteiger partial charge in [-0.25, -0.2) is 4.68 Å². The summed E-state index contributed by atoms with van der Waals surface area (Å²) >= 11 is 3.25. The molecular formula is C18H14BrF3N6O3. The van der Waals surface area contributed by atoms with Gasteiger partial charge < -0.3 is 15.4 Å². The number of benzene rings is 1. The minimum absolute atomic E-state index is 0.0965. The van der Waals surface area contributed by atoms with Gasteiger partial charge in [-0.2, -0.15) is 18.3 Å². The Morgan fingerprint density at radius 2 is 1.84 bits per heavy atom. The van der Waals surface area contributed by atoms with E-state index in [4.69, 9.17) is 4.74 Å². The second-order valence-corrected chi connectivity index (χ2v) is 6.90. The fraction of sp³-hybridized carbons (Fsp3) is 0.167. The number of aromatic nitrogens is 4. The van der Waals surface area contributed by atoms with Crippen molar-refractivity contribution in [3.63, 3.8) is 0 Å². The molecule has 9 nitrogen and oxygen atoms in total. The number of nitrogens with one attached hydrogen (secondary N) is 2. The largest absolute Gasteiger partial charge is 0.480 e. The first-order valence-corrected chi connectivity index (χ1v) is 9.35. The molecular weight excluding hydrogens is 485 g/mol. The van der Waals surface area contributed by atoms with E-state index in [0.717, 1.165) is 10.7 Å². The topological polar surface area (TPSA) is 111 Å². The molecule has 0 radical (unpaired) electrons. The number of amides is 2. The van der Waals surface area contributed by atoms with Gasteiger partial charge in [0, 0.05) is 16.2 Å². The van der Waals surface area contributed by atoms with Crippen LogP contribution in [-0.2, 0) is 11.0 Å². The quantitative estimate of drug-likeness (QED) is 0.540. The standard InChI is InChI=1S/C18H14BrF3N6O3/c1-31-15-7-6-13(26-27-15)28-16(18(20,21)22)12(8-24-28)17(30)23-9-14(29)25-11-4-2-10(19)3-5-11/h2-8H,9H2,1H3,(H,23,30)(H,25,29). The Labute approximate surface area is 181 Å². The zero-order valence-electron chi connectivity index (χ0n) is 15.8. The Balaban J connectivity index is 1.76. The van der Waals surface area contributed by atoms with E-state index in [9.17, 15) is 22.8 Å². The number of ether oxygens (including phenoxy) is 1. The van der Waals surface area contributed by atoms with Gasteiger partial charge in [-0.05, 0) is 30.3 Å². The van der Waals surface area contributed by atoms with Crippen molar-refractivity contribution in [1.82, 2.24) is 25.3 Å². The van der Waals surface area contributed by atoms with Crippen LogP contribution < -0.4 is 15.4 Å². The number of methoxy groups -OCH3 is 1. The fourth-order valence-corrected chi connectivity index (χ4v) is 2.75. The molecule has 0 spiro atoms. The number of hydrogen-bond acceptors (Lipinski definition) is 6. The number of carbonyl (C=O) groups excluding carboxylic acids is 2. The third kappa shape index (κ3) is 5.36. The van der Waals surface area contributed by atoms with Gasteiger partial charge in [-0.1, -0.05) is 15.9 Å². The Hall–Kier alpha value is -3.48. The van der Waals surface area contributed by atoms with E-state index in [1.54, 1.807) is 24.3 Å². The van der Waals surface area contributed by atoms with E-state index in [1.165, 1.54) is 19.2 Å². The third-order valence-electron chi connectivity index (χ3n) is 3.87. The summed E-state index contributed by atoms with van der Waals surface area (Å²) in [6, 6.07) is 9.13. The van der Waals surface area contributed by atoms with Crippen LogP contribution in [0.2, 0.25) is 0 Å². The molecule has 162 valence electrons. The van der Waals surface area contributed by atoms with Gasteiger partial charge in [0.15, 0.2) is 11.5 Å². The number of carbonyl (C=O) groups is 2. The average molecular weight is 499 g/mol. The van der Waals surface area contributed by atoms with Gasteiger partial charge in [-0.3, -0.25) is 9.59 Å². The molecule has 31 heavy (non-hydrogen) atoms. The normalized spacial score (nSPS) is 11.1. The number of halogens is 4. The van der Waals surface area contributed by atoms with Crippen LogP contribution >= 0.6 is 15.9 Å². The lowest BCUT2D eigenvalue weighted by Gasteiger charge is -2.12. The predicted octanol–water partition coefficient (Wildman–Crippen LogP) is 2.82. The molecule has 13 heteroatoms. The van der Waals surface area contributed by atoms with Gasteiger partial charge in [0.25, 0.3) is 5.91 Å². The molecule has 0 bridgehead atoms. The Morgan fingerprint density at radius 3 is 2.42 bits per heavy atom. The van der Waals surface area contributed by atoms with E-state index >= 15 is 0 Å². The van der Waals surface area contributed by atoms with Crippen LogP contribution in [0.1, 0.15) is 16.1 Å². The Bertz CT molecular complexity index is 1080. The number of alkyl halides is 3. The highest BCUT2D eigenvalue weighted by Gasteiger charge is 2.41. The van der Waals surface area contributed by atoms with E-state index in [1.807, 2.05) is 0 Å². The van der Waals surface area contributed by atoms with Gasteiger partial charge in [-0.15, -0.1) is 10.2 Å². The van der Waals surface area contributed by atoms with Crippen molar-refractivity contribution >= 4 is 33.4 Å². The highest BCUT2D eigenvalue weighted by atomic mass is 79.9. The molecule has 1 aromatic carbocycles. The number of nitrogens with zero attached hydrogens (tertiary/aromatic N) is 4. The van der Waals surface area contributed by atoms with Crippen molar-refractivity contribution in [1.29, 1.82) is 0 Å². The first-order chi connectivity index (χ1) is 14.7. The molecule has 3 aromatic rings. The number of anilines is 1. The van der Waals surface area contributed by atoms with E-state index in [-0.39, 0.29) is 11.7 Å². The first kappa shape index (κ1) is 22.2. The highest BCUT2D eigenvalue weighted by Crippen LogP contribution is 2.33. The summed E-state index contributed by atoms with van der Waals surface area (Å²) in [5.74, 6) is -1.90. The van der Waals surface area contributed by atoms with Gasteiger partial charge in [0.1, 0.15) is 0 Å². The lowest BCUT2D eigenvalue weighted by molar-refractivity contribution is -0.143. The van der Waals surface area contributed by atoms with Crippen molar-refractivity contribution in [3.8, 4) is 11.7 Å². The van der Waals surface area contributed by atoms with Crippen LogP contribution in [0.25, 0.3) is 5.82 Å². The molecule has 3 rings (SSSR count). The summed E-state index contributed by atoms with van der Waals surface area (Å²) in [6.45, 7) is -0.542. The van der Waals surface area contributed by atoms with Crippen molar-refractivity contribution < 1.29 is 27.5 Å². The minimum Gasteiger partial charge on any atom is -0.480 e. The van der Waals surface area contributed by atoms with Crippen molar-refractivity contribution in [3.05, 3.63) is 58.3 Å². The summed E-state index contributed by atoms with van der Waals surface area (Å²) < 4.78 is 47.0. The maximum atomic E-state index is 13.7. The first-order valence-electron chi connectivity index (χ1n) is 8.56. The summed E-state index contributed by atoms with van der Waals surface area (Å²) in [4.78, 5) is 24.3. The highest BCUT2D eigenvalue weighted by molar-refractivity contribution is 9.10. The SMILES string of the molecule is COc1ccc(-n2ncc(C(=O)NCC(=O)Nc3ccc(Br)cc3)c2C(F)(F)F)nn1. The van der Waals surface area contributed by atoms with Crippen LogP contribution in [0.4, 0.5) is 18.9 Å². The molecule has 2 amide bonds. The molecule has 0 aliphatic carbocycles. The van der Waals surface area contributed by atoms with E-state index in [2.05, 4.69) is 41.9 Å². The minimum atomic E-state index is -4.93. The van der Waals surface area contributed by atoms with Crippen molar-refractivity contribution in [2.24, 2.45) is 0 Å². The van der Waals surface area contributed by atoms with Gasteiger partial charge >= 0.3 is 6.18 Å². The monoisotopic (exact) mass is 498 g/mol. The molecule has 2 N–H and O–H groups in total. The maximum absolute atomic E-state index is 13.7. The van der Waals surface area contributed by atoms with Crippen LogP contribution in [-0.4, -0.2) is 45.4 Å². The number of hydrogen-bond donors (Lipinski definition) is 2. The molecule has 0 aliphatic rings. The molecule has 0 aliphatic heterocycles. The summed E-state index contributed by atoms with van der Waals surface area (Å²) in [7, 11) is 1.33. The van der Waals surface area contributed by atoms with Crippen molar-refractivity contribution in [2.75, 3.05) is 19.0 Å². The lowest BCUT2D eigenvalue weighted by atomic mass is 10.2. The van der Waals surface area contributed by atoms with Crippen LogP contribution in [0.3, 0.4) is 0 Å². The smallest absolute Gasteiger partial charge is 0.434 e. The maximum Gasteiger partial charge on any atom is 0.434 e. The lowest BCUT2D eigenvalue weighted by Crippen LogP contribution is -2.34. The van der Waals surface area contributed by atoms with Crippen LogP contribution in [0.5, 0.6) is 5.88 Å². The molecule has 2 heterocycles. The molecule has 0 saturated heterocycles. The van der Waals surface area contributed by atoms with E-state index < -0.39 is 35.8 Å². The third-order valence-corrected chi connectivity index (χ3v) is 4.40. The second-order valence-electron chi connectivity index (χ2n) is 5.99. The van der Waals surface area contributed by atoms with Crippen LogP contribution in [0.15, 0.2) is 47.1 Å². The summed E-state index contributed by atoms with van der Waals surface area (Å²) in [6.07, 6.45) is -4.18. The van der Waals surface area contributed by atoms with Gasteiger partial charge in [0.2, 0.25) is 11.8 Å². The average Bonchev–Trinajstić information content (AvgIpc) is 3.20. The number of rotatable bonds is 6. The Kier molecular flexibility index (Phi) is 6.53. The zero-order chi connectivity index (χ0) is 22.6. The molecule has 0 saturated carbocycles.